The summed E-state index contributed by atoms with van der Waals surface area (Å²) >= 11 is 0. The number of hydrogen-bond acceptors (Lipinski definition) is 3. The van der Waals surface area contributed by atoms with E-state index in [1.165, 1.54) is 0 Å². The second kappa shape index (κ2) is 8.02. The normalized spacial score (nSPS) is 10.1. The largest absolute Gasteiger partial charge is 0.494 e. The monoisotopic (exact) mass is 299 g/mol. The summed E-state index contributed by atoms with van der Waals surface area (Å²) in [6, 6.07) is 12.9. The molecule has 0 saturated heterocycles. The molecule has 1 heterocycles. The molecule has 1 N–H and O–H groups in total. The zero-order valence-electron chi connectivity index (χ0n) is 13.0. The summed E-state index contributed by atoms with van der Waals surface area (Å²) < 4.78 is 5.56. The predicted octanol–water partition coefficient (Wildman–Crippen LogP) is 3.53. The number of carbonyl (C=O) groups is 1. The first-order valence-corrected chi connectivity index (χ1v) is 7.34. The molecule has 2 amide bonds. The van der Waals surface area contributed by atoms with Crippen LogP contribution in [0.4, 0.5) is 10.5 Å². The molecule has 1 aromatic heterocycles. The fraction of sp³-hybridized carbons (Fsp3) is 0.294. The Morgan fingerprint density at radius 2 is 2.14 bits per heavy atom. The molecule has 0 atom stereocenters. The Labute approximate surface area is 130 Å². The fourth-order valence-electron chi connectivity index (χ4n) is 1.91. The lowest BCUT2D eigenvalue weighted by molar-refractivity contribution is 0.220. The molecule has 22 heavy (non-hydrogen) atoms. The molecule has 0 aliphatic rings. The molecular formula is C17H21N3O2. The molecule has 0 aliphatic carbocycles. The van der Waals surface area contributed by atoms with Crippen LogP contribution < -0.4 is 10.1 Å². The summed E-state index contributed by atoms with van der Waals surface area (Å²) in [5, 5.41) is 2.86. The van der Waals surface area contributed by atoms with E-state index < -0.39 is 0 Å². The molecule has 0 radical (unpaired) electrons. The van der Waals surface area contributed by atoms with Crippen LogP contribution in [0.2, 0.25) is 0 Å². The average Bonchev–Trinajstić information content (AvgIpc) is 2.54. The van der Waals surface area contributed by atoms with E-state index in [2.05, 4.69) is 17.2 Å². The highest BCUT2D eigenvalue weighted by Gasteiger charge is 2.10. The fourth-order valence-corrected chi connectivity index (χ4v) is 1.91. The van der Waals surface area contributed by atoms with Crippen LogP contribution in [-0.2, 0) is 6.54 Å². The Hall–Kier alpha value is -2.56. The Kier molecular flexibility index (Phi) is 5.77. The average molecular weight is 299 g/mol. The van der Waals surface area contributed by atoms with Crippen LogP contribution in [0.15, 0.2) is 48.7 Å². The van der Waals surface area contributed by atoms with Crippen molar-refractivity contribution in [3.05, 3.63) is 54.4 Å². The number of benzene rings is 1. The minimum Gasteiger partial charge on any atom is -0.494 e. The van der Waals surface area contributed by atoms with E-state index in [1.807, 2.05) is 42.5 Å². The minimum atomic E-state index is -0.182. The number of anilines is 1. The lowest BCUT2D eigenvalue weighted by Gasteiger charge is -2.18. The quantitative estimate of drug-likeness (QED) is 0.887. The van der Waals surface area contributed by atoms with Crippen LogP contribution in [0, 0.1) is 0 Å². The van der Waals surface area contributed by atoms with Crippen molar-refractivity contribution in [2.75, 3.05) is 19.0 Å². The van der Waals surface area contributed by atoms with E-state index in [4.69, 9.17) is 4.74 Å². The van der Waals surface area contributed by atoms with Crippen LogP contribution in [0.3, 0.4) is 0 Å². The van der Waals surface area contributed by atoms with Crippen molar-refractivity contribution in [1.82, 2.24) is 9.88 Å². The van der Waals surface area contributed by atoms with Crippen molar-refractivity contribution >= 4 is 11.7 Å². The third-order valence-corrected chi connectivity index (χ3v) is 3.03. The highest BCUT2D eigenvalue weighted by Crippen LogP contribution is 2.18. The summed E-state index contributed by atoms with van der Waals surface area (Å²) in [5.74, 6) is 0.757. The minimum absolute atomic E-state index is 0.182. The SMILES string of the molecule is CCCOc1cccc(NC(=O)N(C)Cc2ccccn2)c1. The van der Waals surface area contributed by atoms with Gasteiger partial charge in [-0.1, -0.05) is 19.1 Å². The second-order valence-electron chi connectivity index (χ2n) is 4.98. The lowest BCUT2D eigenvalue weighted by atomic mass is 10.3. The van der Waals surface area contributed by atoms with Crippen LogP contribution in [0.1, 0.15) is 19.0 Å². The first kappa shape index (κ1) is 15.8. The van der Waals surface area contributed by atoms with Crippen molar-refractivity contribution in [3.63, 3.8) is 0 Å². The van der Waals surface area contributed by atoms with Gasteiger partial charge in [-0.15, -0.1) is 0 Å². The number of aromatic nitrogens is 1. The van der Waals surface area contributed by atoms with Crippen LogP contribution in [0.5, 0.6) is 5.75 Å². The van der Waals surface area contributed by atoms with Gasteiger partial charge in [-0.3, -0.25) is 4.98 Å². The lowest BCUT2D eigenvalue weighted by Crippen LogP contribution is -2.31. The molecule has 2 rings (SSSR count). The number of urea groups is 1. The Morgan fingerprint density at radius 1 is 1.27 bits per heavy atom. The van der Waals surface area contributed by atoms with Crippen LogP contribution >= 0.6 is 0 Å². The van der Waals surface area contributed by atoms with Gasteiger partial charge in [0.05, 0.1) is 18.8 Å². The maximum atomic E-state index is 12.2. The number of carbonyl (C=O) groups excluding carboxylic acids is 1. The molecule has 0 aliphatic heterocycles. The van der Waals surface area contributed by atoms with Gasteiger partial charge >= 0.3 is 6.03 Å². The number of nitrogens with one attached hydrogen (secondary N) is 1. The molecule has 5 heteroatoms. The van der Waals surface area contributed by atoms with E-state index in [9.17, 15) is 4.79 Å². The van der Waals surface area contributed by atoms with E-state index in [1.54, 1.807) is 18.1 Å². The summed E-state index contributed by atoms with van der Waals surface area (Å²) in [6.45, 7) is 3.17. The molecule has 2 aromatic rings. The zero-order valence-corrected chi connectivity index (χ0v) is 13.0. The summed E-state index contributed by atoms with van der Waals surface area (Å²) in [5.41, 5.74) is 1.56. The van der Waals surface area contributed by atoms with Crippen molar-refractivity contribution in [2.45, 2.75) is 19.9 Å². The maximum absolute atomic E-state index is 12.2. The molecule has 0 saturated carbocycles. The first-order chi connectivity index (χ1) is 10.7. The van der Waals surface area contributed by atoms with Gasteiger partial charge in [0.15, 0.2) is 0 Å². The van der Waals surface area contributed by atoms with Crippen molar-refractivity contribution in [2.24, 2.45) is 0 Å². The molecule has 116 valence electrons. The van der Waals surface area contributed by atoms with Crippen molar-refractivity contribution < 1.29 is 9.53 Å². The summed E-state index contributed by atoms with van der Waals surface area (Å²) in [7, 11) is 1.74. The Bertz CT molecular complexity index is 602. The number of nitrogens with zero attached hydrogens (tertiary/aromatic N) is 2. The number of rotatable bonds is 6. The van der Waals surface area contributed by atoms with Crippen LogP contribution in [-0.4, -0.2) is 29.6 Å². The third-order valence-electron chi connectivity index (χ3n) is 3.03. The topological polar surface area (TPSA) is 54.5 Å². The van der Waals surface area contributed by atoms with Crippen molar-refractivity contribution in [1.29, 1.82) is 0 Å². The molecule has 5 nitrogen and oxygen atoms in total. The van der Waals surface area contributed by atoms with Gasteiger partial charge in [0.1, 0.15) is 5.75 Å². The van der Waals surface area contributed by atoms with Gasteiger partial charge < -0.3 is 15.0 Å². The summed E-state index contributed by atoms with van der Waals surface area (Å²) in [4.78, 5) is 18.0. The zero-order chi connectivity index (χ0) is 15.8. The molecule has 1 aromatic carbocycles. The van der Waals surface area contributed by atoms with Gasteiger partial charge in [0, 0.05) is 25.0 Å². The number of hydrogen-bond donors (Lipinski definition) is 1. The number of amides is 2. The van der Waals surface area contributed by atoms with Gasteiger partial charge in [0.25, 0.3) is 0 Å². The molecular weight excluding hydrogens is 278 g/mol. The van der Waals surface area contributed by atoms with E-state index in [0.29, 0.717) is 18.8 Å². The maximum Gasteiger partial charge on any atom is 0.321 e. The van der Waals surface area contributed by atoms with Gasteiger partial charge in [-0.2, -0.15) is 0 Å². The first-order valence-electron chi connectivity index (χ1n) is 7.34. The van der Waals surface area contributed by atoms with Gasteiger partial charge in [-0.25, -0.2) is 4.79 Å². The van der Waals surface area contributed by atoms with E-state index in [-0.39, 0.29) is 6.03 Å². The Balaban J connectivity index is 1.93. The highest BCUT2D eigenvalue weighted by atomic mass is 16.5. The molecule has 0 spiro atoms. The Morgan fingerprint density at radius 3 is 2.86 bits per heavy atom. The van der Waals surface area contributed by atoms with Crippen LogP contribution in [0.25, 0.3) is 0 Å². The van der Waals surface area contributed by atoms with E-state index in [0.717, 1.165) is 17.9 Å². The highest BCUT2D eigenvalue weighted by molar-refractivity contribution is 5.89. The smallest absolute Gasteiger partial charge is 0.321 e. The molecule has 0 bridgehead atoms. The second-order valence-corrected chi connectivity index (χ2v) is 4.98. The van der Waals surface area contributed by atoms with Gasteiger partial charge in [0.2, 0.25) is 0 Å². The standard InChI is InChI=1S/C17H21N3O2/c1-3-11-22-16-9-6-8-14(12-16)19-17(21)20(2)13-15-7-4-5-10-18-15/h4-10,12H,3,11,13H2,1-2H3,(H,19,21). The van der Waals surface area contributed by atoms with Gasteiger partial charge in [-0.05, 0) is 30.7 Å². The number of ether oxygens (including phenoxy) is 1. The third kappa shape index (κ3) is 4.77. The van der Waals surface area contributed by atoms with Crippen molar-refractivity contribution in [3.8, 4) is 5.75 Å². The number of pyridine rings is 1. The molecule has 0 fully saturated rings. The predicted molar refractivity (Wildman–Crippen MR) is 87.0 cm³/mol. The summed E-state index contributed by atoms with van der Waals surface area (Å²) in [6.07, 6.45) is 2.67. The molecule has 0 unspecified atom stereocenters. The van der Waals surface area contributed by atoms with E-state index >= 15 is 0 Å².